The van der Waals surface area contributed by atoms with E-state index in [1.807, 2.05) is 49.5 Å². The van der Waals surface area contributed by atoms with E-state index in [1.54, 1.807) is 12.3 Å². The summed E-state index contributed by atoms with van der Waals surface area (Å²) in [7, 11) is 0. The molecule has 3 aromatic rings. The van der Waals surface area contributed by atoms with Crippen molar-refractivity contribution in [1.29, 1.82) is 0 Å². The molecular formula is C18H18N2O. The van der Waals surface area contributed by atoms with Crippen molar-refractivity contribution in [3.05, 3.63) is 66.0 Å². The second-order valence-corrected chi connectivity index (χ2v) is 5.33. The van der Waals surface area contributed by atoms with Crippen LogP contribution in [-0.2, 0) is 0 Å². The van der Waals surface area contributed by atoms with Gasteiger partial charge >= 0.3 is 0 Å². The number of phenols is 1. The number of aryl methyl sites for hydroxylation is 1. The van der Waals surface area contributed by atoms with Gasteiger partial charge in [-0.1, -0.05) is 29.8 Å². The van der Waals surface area contributed by atoms with Crippen molar-refractivity contribution in [1.82, 2.24) is 4.98 Å². The zero-order valence-electron chi connectivity index (χ0n) is 12.2. The number of pyridine rings is 1. The minimum atomic E-state index is 0.0173. The maximum Gasteiger partial charge on any atom is 0.120 e. The number of nitrogens with one attached hydrogen (secondary N) is 1. The van der Waals surface area contributed by atoms with Gasteiger partial charge in [0.05, 0.1) is 6.04 Å². The van der Waals surface area contributed by atoms with Crippen LogP contribution in [0.5, 0.6) is 5.75 Å². The van der Waals surface area contributed by atoms with Crippen LogP contribution in [-0.4, -0.2) is 10.1 Å². The SMILES string of the molecule is Cc1ccc(O)c(C(C)Nc2cccc3cnccc23)c1. The van der Waals surface area contributed by atoms with Gasteiger partial charge in [0.1, 0.15) is 5.75 Å². The molecule has 3 rings (SSSR count). The van der Waals surface area contributed by atoms with Gasteiger partial charge in [0.15, 0.2) is 0 Å². The van der Waals surface area contributed by atoms with Crippen LogP contribution in [0.3, 0.4) is 0 Å². The summed E-state index contributed by atoms with van der Waals surface area (Å²) in [4.78, 5) is 4.15. The van der Waals surface area contributed by atoms with Crippen LogP contribution >= 0.6 is 0 Å². The average Bonchev–Trinajstić information content (AvgIpc) is 2.50. The predicted octanol–water partition coefficient (Wildman–Crippen LogP) is 4.42. The maximum absolute atomic E-state index is 10.0. The maximum atomic E-state index is 10.0. The number of hydrogen-bond donors (Lipinski definition) is 2. The summed E-state index contributed by atoms with van der Waals surface area (Å²) in [6.07, 6.45) is 3.65. The molecule has 3 nitrogen and oxygen atoms in total. The number of anilines is 1. The Hall–Kier alpha value is -2.55. The first-order valence-corrected chi connectivity index (χ1v) is 7.04. The zero-order chi connectivity index (χ0) is 14.8. The third-order valence-corrected chi connectivity index (χ3v) is 3.70. The molecule has 3 heteroatoms. The van der Waals surface area contributed by atoms with Crippen molar-refractivity contribution in [3.8, 4) is 5.75 Å². The molecule has 0 aliphatic rings. The first-order chi connectivity index (χ1) is 10.1. The summed E-state index contributed by atoms with van der Waals surface area (Å²) in [5.41, 5.74) is 3.09. The molecule has 1 unspecified atom stereocenters. The van der Waals surface area contributed by atoms with Gasteiger partial charge in [-0.25, -0.2) is 0 Å². The molecule has 0 radical (unpaired) electrons. The minimum absolute atomic E-state index is 0.0173. The van der Waals surface area contributed by atoms with Gasteiger partial charge in [-0.15, -0.1) is 0 Å². The fourth-order valence-electron chi connectivity index (χ4n) is 2.58. The summed E-state index contributed by atoms with van der Waals surface area (Å²) < 4.78 is 0. The van der Waals surface area contributed by atoms with Crippen LogP contribution < -0.4 is 5.32 Å². The Morgan fingerprint density at radius 2 is 2.00 bits per heavy atom. The molecule has 1 atom stereocenters. The number of aromatic hydroxyl groups is 1. The normalized spacial score (nSPS) is 12.3. The first-order valence-electron chi connectivity index (χ1n) is 7.04. The van der Waals surface area contributed by atoms with E-state index >= 15 is 0 Å². The van der Waals surface area contributed by atoms with Crippen LogP contribution in [0.25, 0.3) is 10.8 Å². The highest BCUT2D eigenvalue weighted by atomic mass is 16.3. The molecule has 2 aromatic carbocycles. The number of rotatable bonds is 3. The second kappa shape index (κ2) is 5.44. The van der Waals surface area contributed by atoms with E-state index in [9.17, 15) is 5.11 Å². The summed E-state index contributed by atoms with van der Waals surface area (Å²) in [5.74, 6) is 0.322. The lowest BCUT2D eigenvalue weighted by Gasteiger charge is -2.18. The van der Waals surface area contributed by atoms with Crippen LogP contribution in [0.4, 0.5) is 5.69 Å². The van der Waals surface area contributed by atoms with E-state index < -0.39 is 0 Å². The minimum Gasteiger partial charge on any atom is -0.508 e. The summed E-state index contributed by atoms with van der Waals surface area (Å²) >= 11 is 0. The number of phenolic OH excluding ortho intramolecular Hbond substituents is 1. The molecule has 2 N–H and O–H groups in total. The van der Waals surface area contributed by atoms with Crippen molar-refractivity contribution in [2.45, 2.75) is 19.9 Å². The Kier molecular flexibility index (Phi) is 3.48. The van der Waals surface area contributed by atoms with Gasteiger partial charge in [0.2, 0.25) is 0 Å². The van der Waals surface area contributed by atoms with E-state index in [0.717, 1.165) is 27.6 Å². The standard InChI is InChI=1S/C18H18N2O/c1-12-6-7-18(21)16(10-12)13(2)20-17-5-3-4-14-11-19-9-8-15(14)17/h3-11,13,20-21H,1-2H3. The van der Waals surface area contributed by atoms with Crippen LogP contribution in [0.2, 0.25) is 0 Å². The Balaban J connectivity index is 1.96. The number of hydrogen-bond acceptors (Lipinski definition) is 3. The number of benzene rings is 2. The van der Waals surface area contributed by atoms with Gasteiger partial charge in [-0.3, -0.25) is 4.98 Å². The Bertz CT molecular complexity index is 778. The van der Waals surface area contributed by atoms with Crippen molar-refractivity contribution in [2.24, 2.45) is 0 Å². The van der Waals surface area contributed by atoms with E-state index in [1.165, 1.54) is 0 Å². The topological polar surface area (TPSA) is 45.1 Å². The largest absolute Gasteiger partial charge is 0.508 e. The van der Waals surface area contributed by atoms with Crippen molar-refractivity contribution in [3.63, 3.8) is 0 Å². The molecular weight excluding hydrogens is 260 g/mol. The molecule has 0 amide bonds. The molecule has 21 heavy (non-hydrogen) atoms. The molecule has 0 aliphatic heterocycles. The highest BCUT2D eigenvalue weighted by Gasteiger charge is 2.11. The van der Waals surface area contributed by atoms with Gasteiger partial charge in [0, 0.05) is 34.4 Å². The molecule has 0 spiro atoms. The summed E-state index contributed by atoms with van der Waals surface area (Å²) in [6.45, 7) is 4.08. The average molecular weight is 278 g/mol. The smallest absolute Gasteiger partial charge is 0.120 e. The third-order valence-electron chi connectivity index (χ3n) is 3.70. The number of aromatic nitrogens is 1. The van der Waals surface area contributed by atoms with Crippen LogP contribution in [0.15, 0.2) is 54.9 Å². The lowest BCUT2D eigenvalue weighted by atomic mass is 10.0. The Morgan fingerprint density at radius 3 is 2.86 bits per heavy atom. The lowest BCUT2D eigenvalue weighted by Crippen LogP contribution is -2.07. The van der Waals surface area contributed by atoms with E-state index in [-0.39, 0.29) is 6.04 Å². The van der Waals surface area contributed by atoms with Gasteiger partial charge in [-0.05, 0) is 32.0 Å². The van der Waals surface area contributed by atoms with Crippen LogP contribution in [0.1, 0.15) is 24.1 Å². The molecule has 1 aromatic heterocycles. The van der Waals surface area contributed by atoms with Crippen LogP contribution in [0, 0.1) is 6.92 Å². The monoisotopic (exact) mass is 278 g/mol. The Morgan fingerprint density at radius 1 is 1.14 bits per heavy atom. The quantitative estimate of drug-likeness (QED) is 0.745. The molecule has 0 fully saturated rings. The summed E-state index contributed by atoms with van der Waals surface area (Å²) in [6, 6.07) is 13.8. The second-order valence-electron chi connectivity index (χ2n) is 5.33. The molecule has 0 saturated heterocycles. The lowest BCUT2D eigenvalue weighted by molar-refractivity contribution is 0.465. The van der Waals surface area contributed by atoms with E-state index in [2.05, 4.69) is 17.2 Å². The van der Waals surface area contributed by atoms with Crippen molar-refractivity contribution < 1.29 is 5.11 Å². The molecule has 1 heterocycles. The van der Waals surface area contributed by atoms with E-state index in [0.29, 0.717) is 5.75 Å². The zero-order valence-corrected chi connectivity index (χ0v) is 12.2. The van der Waals surface area contributed by atoms with Crippen molar-refractivity contribution in [2.75, 3.05) is 5.32 Å². The Labute approximate surface area is 124 Å². The van der Waals surface area contributed by atoms with Gasteiger partial charge in [0.25, 0.3) is 0 Å². The van der Waals surface area contributed by atoms with Crippen molar-refractivity contribution >= 4 is 16.5 Å². The fourth-order valence-corrected chi connectivity index (χ4v) is 2.58. The number of nitrogens with zero attached hydrogens (tertiary/aromatic N) is 1. The molecule has 106 valence electrons. The fraction of sp³-hybridized carbons (Fsp3) is 0.167. The van der Waals surface area contributed by atoms with Gasteiger partial charge < -0.3 is 10.4 Å². The highest BCUT2D eigenvalue weighted by molar-refractivity contribution is 5.93. The first kappa shape index (κ1) is 13.4. The predicted molar refractivity (Wildman–Crippen MR) is 86.6 cm³/mol. The molecule has 0 aliphatic carbocycles. The van der Waals surface area contributed by atoms with Gasteiger partial charge in [-0.2, -0.15) is 0 Å². The highest BCUT2D eigenvalue weighted by Crippen LogP contribution is 2.30. The molecule has 0 bridgehead atoms. The molecule has 0 saturated carbocycles. The summed E-state index contributed by atoms with van der Waals surface area (Å²) in [5, 5.41) is 15.8. The third kappa shape index (κ3) is 2.68. The van der Waals surface area contributed by atoms with E-state index in [4.69, 9.17) is 0 Å². The number of fused-ring (bicyclic) bond motifs is 1.